The zero-order valence-electron chi connectivity index (χ0n) is 8.08. The van der Waals surface area contributed by atoms with Crippen LogP contribution in [-0.2, 0) is 6.42 Å². The van der Waals surface area contributed by atoms with E-state index in [-0.39, 0.29) is 5.69 Å². The fourth-order valence-corrected chi connectivity index (χ4v) is 2.28. The van der Waals surface area contributed by atoms with E-state index in [1.54, 1.807) is 5.38 Å². The number of nitrogens with one attached hydrogen (secondary N) is 1. The predicted octanol–water partition coefficient (Wildman–Crippen LogP) is 1.35. The van der Waals surface area contributed by atoms with Crippen molar-refractivity contribution in [2.24, 2.45) is 0 Å². The van der Waals surface area contributed by atoms with Crippen molar-refractivity contribution in [3.05, 3.63) is 22.4 Å². The molecule has 2 aromatic heterocycles. The second-order valence-electron chi connectivity index (χ2n) is 2.85. The molecule has 0 saturated carbocycles. The predicted molar refractivity (Wildman–Crippen MR) is 61.2 cm³/mol. The molecule has 2 N–H and O–H groups in total. The van der Waals surface area contributed by atoms with E-state index < -0.39 is 5.97 Å². The van der Waals surface area contributed by atoms with E-state index in [4.69, 9.17) is 5.11 Å². The van der Waals surface area contributed by atoms with Crippen LogP contribution in [0, 0.1) is 0 Å². The van der Waals surface area contributed by atoms with Crippen LogP contribution in [0.3, 0.4) is 0 Å². The summed E-state index contributed by atoms with van der Waals surface area (Å²) in [4.78, 5) is 18.5. The van der Waals surface area contributed by atoms with Crippen molar-refractivity contribution < 1.29 is 9.90 Å². The van der Waals surface area contributed by atoms with Gasteiger partial charge in [0.05, 0.1) is 5.01 Å². The van der Waals surface area contributed by atoms with Crippen LogP contribution in [0.1, 0.15) is 15.5 Å². The Morgan fingerprint density at radius 1 is 1.56 bits per heavy atom. The van der Waals surface area contributed by atoms with Gasteiger partial charge in [-0.25, -0.2) is 14.8 Å². The molecular weight excluding hydrogens is 248 g/mol. The van der Waals surface area contributed by atoms with E-state index in [0.29, 0.717) is 13.0 Å². The highest BCUT2D eigenvalue weighted by Gasteiger charge is 2.08. The second kappa shape index (κ2) is 4.99. The lowest BCUT2D eigenvalue weighted by atomic mass is 10.4. The topological polar surface area (TPSA) is 88.0 Å². The van der Waals surface area contributed by atoms with E-state index in [1.807, 2.05) is 0 Å². The molecule has 0 amide bonds. The lowest BCUT2D eigenvalue weighted by molar-refractivity contribution is 0.0691. The fraction of sp³-hybridized carbons (Fsp3) is 0.250. The van der Waals surface area contributed by atoms with Crippen LogP contribution in [0.2, 0.25) is 0 Å². The summed E-state index contributed by atoms with van der Waals surface area (Å²) in [6.45, 7) is 0.668. The number of aromatic carboxylic acids is 1. The average molecular weight is 256 g/mol. The van der Waals surface area contributed by atoms with Gasteiger partial charge in [-0.1, -0.05) is 0 Å². The molecule has 2 rings (SSSR count). The summed E-state index contributed by atoms with van der Waals surface area (Å²) in [5.74, 6) is -0.986. The lowest BCUT2D eigenvalue weighted by Crippen LogP contribution is -2.04. The van der Waals surface area contributed by atoms with Crippen LogP contribution in [0.5, 0.6) is 0 Å². The third kappa shape index (κ3) is 2.74. The number of carbonyl (C=O) groups is 1. The monoisotopic (exact) mass is 256 g/mol. The number of nitrogens with zero attached hydrogens (tertiary/aromatic N) is 3. The number of hydrogen-bond acceptors (Lipinski definition) is 7. The Morgan fingerprint density at radius 2 is 2.44 bits per heavy atom. The summed E-state index contributed by atoms with van der Waals surface area (Å²) in [6.07, 6.45) is 2.16. The number of carboxylic acid groups (broad SMARTS) is 1. The van der Waals surface area contributed by atoms with Gasteiger partial charge in [-0.2, -0.15) is 4.37 Å². The zero-order valence-corrected chi connectivity index (χ0v) is 9.72. The molecule has 2 aromatic rings. The molecule has 0 aliphatic heterocycles. The molecule has 16 heavy (non-hydrogen) atoms. The molecule has 8 heteroatoms. The molecule has 0 spiro atoms. The van der Waals surface area contributed by atoms with Crippen LogP contribution in [0.4, 0.5) is 5.13 Å². The highest BCUT2D eigenvalue weighted by atomic mass is 32.1. The Kier molecular flexibility index (Phi) is 3.42. The van der Waals surface area contributed by atoms with E-state index in [1.165, 1.54) is 29.2 Å². The maximum atomic E-state index is 10.6. The molecule has 2 heterocycles. The van der Waals surface area contributed by atoms with Gasteiger partial charge in [0.1, 0.15) is 6.33 Å². The third-order valence-electron chi connectivity index (χ3n) is 1.75. The van der Waals surface area contributed by atoms with Crippen molar-refractivity contribution in [1.29, 1.82) is 0 Å². The van der Waals surface area contributed by atoms with Crippen molar-refractivity contribution in [1.82, 2.24) is 14.3 Å². The Bertz CT molecular complexity index is 468. The van der Waals surface area contributed by atoms with E-state index in [2.05, 4.69) is 19.7 Å². The summed E-state index contributed by atoms with van der Waals surface area (Å²) in [5, 5.41) is 14.9. The minimum absolute atomic E-state index is 0.107. The number of hydrogen-bond donors (Lipinski definition) is 2. The van der Waals surface area contributed by atoms with Crippen LogP contribution < -0.4 is 5.32 Å². The molecule has 0 aliphatic rings. The number of thiazole rings is 1. The minimum atomic E-state index is -0.986. The average Bonchev–Trinajstić information content (AvgIpc) is 2.87. The molecule has 0 saturated heterocycles. The summed E-state index contributed by atoms with van der Waals surface area (Å²) in [6, 6.07) is 0. The van der Waals surface area contributed by atoms with Crippen LogP contribution in [0.15, 0.2) is 11.7 Å². The maximum absolute atomic E-state index is 10.6. The minimum Gasteiger partial charge on any atom is -0.476 e. The van der Waals surface area contributed by atoms with Crippen molar-refractivity contribution in [2.75, 3.05) is 11.9 Å². The molecule has 0 radical (unpaired) electrons. The first-order chi connectivity index (χ1) is 7.75. The third-order valence-corrected chi connectivity index (χ3v) is 3.28. The number of rotatable bonds is 5. The van der Waals surface area contributed by atoms with Crippen LogP contribution in [0.25, 0.3) is 0 Å². The Balaban J connectivity index is 1.83. The first-order valence-corrected chi connectivity index (χ1v) is 6.09. The van der Waals surface area contributed by atoms with Gasteiger partial charge < -0.3 is 10.4 Å². The smallest absolute Gasteiger partial charge is 0.355 e. The normalized spacial score (nSPS) is 10.2. The molecule has 84 valence electrons. The molecule has 0 fully saturated rings. The van der Waals surface area contributed by atoms with Crippen molar-refractivity contribution in [3.63, 3.8) is 0 Å². The largest absolute Gasteiger partial charge is 0.476 e. The van der Waals surface area contributed by atoms with Gasteiger partial charge in [-0.3, -0.25) is 0 Å². The SMILES string of the molecule is O=C(O)c1csc(CCNc2ncns2)n1. The molecular formula is C8H8N4O2S2. The summed E-state index contributed by atoms with van der Waals surface area (Å²) in [7, 11) is 0. The maximum Gasteiger partial charge on any atom is 0.355 e. The van der Waals surface area contributed by atoms with E-state index >= 15 is 0 Å². The standard InChI is InChI=1S/C8H8N4O2S2/c13-7(14)5-3-15-6(12-5)1-2-9-8-10-4-11-16-8/h3-4H,1-2H2,(H,13,14)(H,9,10,11). The van der Waals surface area contributed by atoms with Gasteiger partial charge in [-0.05, 0) is 0 Å². The molecule has 0 atom stereocenters. The number of aromatic nitrogens is 3. The van der Waals surface area contributed by atoms with Gasteiger partial charge in [0.15, 0.2) is 5.69 Å². The molecule has 0 aliphatic carbocycles. The highest BCUT2D eigenvalue weighted by Crippen LogP contribution is 2.11. The Morgan fingerprint density at radius 3 is 3.06 bits per heavy atom. The Labute approximate surface area is 99.2 Å². The lowest BCUT2D eigenvalue weighted by Gasteiger charge is -1.98. The first kappa shape index (κ1) is 11.0. The van der Waals surface area contributed by atoms with E-state index in [0.717, 1.165) is 10.1 Å². The molecule has 6 nitrogen and oxygen atoms in total. The van der Waals surface area contributed by atoms with Crippen molar-refractivity contribution in [2.45, 2.75) is 6.42 Å². The van der Waals surface area contributed by atoms with Crippen LogP contribution >= 0.6 is 22.9 Å². The molecule has 0 aromatic carbocycles. The van der Waals surface area contributed by atoms with Crippen LogP contribution in [-0.4, -0.2) is 32.0 Å². The van der Waals surface area contributed by atoms with E-state index in [9.17, 15) is 4.79 Å². The summed E-state index contributed by atoms with van der Waals surface area (Å²) >= 11 is 2.64. The Hall–Kier alpha value is -1.54. The van der Waals surface area contributed by atoms with Gasteiger partial charge in [-0.15, -0.1) is 11.3 Å². The quantitative estimate of drug-likeness (QED) is 0.839. The summed E-state index contributed by atoms with van der Waals surface area (Å²) in [5.41, 5.74) is 0.107. The number of anilines is 1. The van der Waals surface area contributed by atoms with Crippen molar-refractivity contribution in [3.8, 4) is 0 Å². The van der Waals surface area contributed by atoms with Gasteiger partial charge in [0.2, 0.25) is 5.13 Å². The highest BCUT2D eigenvalue weighted by molar-refractivity contribution is 7.10. The van der Waals surface area contributed by atoms with Gasteiger partial charge >= 0.3 is 5.97 Å². The molecule has 0 unspecified atom stereocenters. The van der Waals surface area contributed by atoms with Crippen molar-refractivity contribution >= 4 is 34.0 Å². The van der Waals surface area contributed by atoms with Gasteiger partial charge in [0, 0.05) is 29.9 Å². The molecule has 0 bridgehead atoms. The zero-order chi connectivity index (χ0) is 11.4. The fourth-order valence-electron chi connectivity index (χ4n) is 1.05. The van der Waals surface area contributed by atoms with Gasteiger partial charge in [0.25, 0.3) is 0 Å². The first-order valence-electron chi connectivity index (χ1n) is 4.44. The summed E-state index contributed by atoms with van der Waals surface area (Å²) < 4.78 is 3.85. The number of carboxylic acids is 1. The second-order valence-corrected chi connectivity index (χ2v) is 4.58.